The molecule has 1 heterocycles. The van der Waals surface area contributed by atoms with E-state index in [0.717, 1.165) is 17.3 Å². The molecule has 0 spiro atoms. The molecule has 9 nitrogen and oxygen atoms in total. The molecule has 2 N–H and O–H groups in total. The lowest BCUT2D eigenvalue weighted by Crippen LogP contribution is -2.25. The van der Waals surface area contributed by atoms with Gasteiger partial charge >= 0.3 is 11.9 Å². The molecule has 0 bridgehead atoms. The second kappa shape index (κ2) is 12.1. The maximum Gasteiger partial charge on any atom is 0.306 e. The fourth-order valence-electron chi connectivity index (χ4n) is 3.25. The van der Waals surface area contributed by atoms with E-state index in [0.29, 0.717) is 23.5 Å². The molecular formula is C24H25NO8S. The van der Waals surface area contributed by atoms with Gasteiger partial charge in [-0.3, -0.25) is 24.5 Å². The molecule has 3 rings (SSSR count). The van der Waals surface area contributed by atoms with Gasteiger partial charge in [0.15, 0.2) is 6.10 Å². The van der Waals surface area contributed by atoms with E-state index < -0.39 is 23.3 Å². The van der Waals surface area contributed by atoms with Gasteiger partial charge < -0.3 is 19.3 Å². The van der Waals surface area contributed by atoms with E-state index in [9.17, 15) is 19.2 Å². The van der Waals surface area contributed by atoms with Crippen LogP contribution in [0.2, 0.25) is 0 Å². The monoisotopic (exact) mass is 487 g/mol. The summed E-state index contributed by atoms with van der Waals surface area (Å²) in [4.78, 5) is 46.0. The highest BCUT2D eigenvalue weighted by Crippen LogP contribution is 2.26. The van der Waals surface area contributed by atoms with Gasteiger partial charge in [-0.2, -0.15) is 0 Å². The number of amides is 2. The highest BCUT2D eigenvalue weighted by atomic mass is 32.2. The highest BCUT2D eigenvalue weighted by Gasteiger charge is 2.31. The van der Waals surface area contributed by atoms with Crippen molar-refractivity contribution in [1.82, 2.24) is 5.32 Å². The van der Waals surface area contributed by atoms with Crippen molar-refractivity contribution in [3.8, 4) is 11.5 Å². The zero-order chi connectivity index (χ0) is 24.5. The summed E-state index contributed by atoms with van der Waals surface area (Å²) in [6.07, 6.45) is -0.212. The van der Waals surface area contributed by atoms with Crippen molar-refractivity contribution in [2.24, 2.45) is 0 Å². The number of methoxy groups -OCH3 is 1. The van der Waals surface area contributed by atoms with Gasteiger partial charge in [0.25, 0.3) is 5.24 Å². The van der Waals surface area contributed by atoms with Crippen molar-refractivity contribution in [2.45, 2.75) is 37.0 Å². The summed E-state index contributed by atoms with van der Waals surface area (Å²) in [5, 5.41) is 10.2. The van der Waals surface area contributed by atoms with E-state index in [1.807, 2.05) is 12.1 Å². The lowest BCUT2D eigenvalue weighted by molar-refractivity contribution is -0.151. The number of carbonyl (C=O) groups is 4. The molecule has 1 saturated heterocycles. The van der Waals surface area contributed by atoms with Crippen LogP contribution >= 0.6 is 11.8 Å². The molecule has 34 heavy (non-hydrogen) atoms. The highest BCUT2D eigenvalue weighted by molar-refractivity contribution is 8.15. The summed E-state index contributed by atoms with van der Waals surface area (Å²) in [7, 11) is 1.55. The standard InChI is InChI=1S/C24H25NO8S/c1-31-17-11-7-16(8-12-17)19(33-22(28)4-2-3-21(26)27)14-32-18-9-5-15(6-10-18)13-20-23(29)25-24(30)34-20/h5-12,19-20H,2-4,13-14H2,1H3,(H,26,27)(H,25,29,30)/t19-,20?/m0/s1. The minimum Gasteiger partial charge on any atom is -0.497 e. The first-order chi connectivity index (χ1) is 16.3. The molecule has 2 atom stereocenters. The van der Waals surface area contributed by atoms with E-state index in [1.54, 1.807) is 43.5 Å². The average molecular weight is 488 g/mol. The minimum atomic E-state index is -0.968. The van der Waals surface area contributed by atoms with Crippen molar-refractivity contribution in [1.29, 1.82) is 0 Å². The van der Waals surface area contributed by atoms with E-state index in [4.69, 9.17) is 19.3 Å². The van der Waals surface area contributed by atoms with Gasteiger partial charge in [-0.25, -0.2) is 0 Å². The number of hydrogen-bond donors (Lipinski definition) is 2. The molecule has 10 heteroatoms. The van der Waals surface area contributed by atoms with Crippen LogP contribution in [0.5, 0.6) is 11.5 Å². The van der Waals surface area contributed by atoms with Gasteiger partial charge in [0.2, 0.25) is 5.91 Å². The quantitative estimate of drug-likeness (QED) is 0.432. The number of carbonyl (C=O) groups excluding carboxylic acids is 3. The summed E-state index contributed by atoms with van der Waals surface area (Å²) >= 11 is 0.979. The summed E-state index contributed by atoms with van der Waals surface area (Å²) in [5.41, 5.74) is 1.59. The SMILES string of the molecule is COc1ccc([C@H](COc2ccc(CC3SC(=O)NC3=O)cc2)OC(=O)CCCC(=O)O)cc1. The number of benzene rings is 2. The van der Waals surface area contributed by atoms with Crippen LogP contribution in [0.15, 0.2) is 48.5 Å². The van der Waals surface area contributed by atoms with Crippen LogP contribution in [-0.2, 0) is 25.5 Å². The van der Waals surface area contributed by atoms with Crippen LogP contribution in [0.25, 0.3) is 0 Å². The Balaban J connectivity index is 1.60. The number of nitrogens with one attached hydrogen (secondary N) is 1. The third-order valence-corrected chi connectivity index (χ3v) is 6.03. The van der Waals surface area contributed by atoms with E-state index in [-0.39, 0.29) is 37.0 Å². The second-order valence-corrected chi connectivity index (χ2v) is 8.72. The number of rotatable bonds is 12. The predicted molar refractivity (Wildman–Crippen MR) is 124 cm³/mol. The van der Waals surface area contributed by atoms with Crippen molar-refractivity contribution in [3.63, 3.8) is 0 Å². The molecule has 180 valence electrons. The second-order valence-electron chi connectivity index (χ2n) is 7.54. The average Bonchev–Trinajstić information content (AvgIpc) is 3.13. The van der Waals surface area contributed by atoms with Crippen molar-refractivity contribution in [2.75, 3.05) is 13.7 Å². The summed E-state index contributed by atoms with van der Waals surface area (Å²) in [6, 6.07) is 14.1. The molecule has 2 aromatic carbocycles. The van der Waals surface area contributed by atoms with Gasteiger partial charge in [0, 0.05) is 12.8 Å². The van der Waals surface area contributed by atoms with Gasteiger partial charge in [-0.05, 0) is 48.2 Å². The first kappa shape index (κ1) is 25.1. The van der Waals surface area contributed by atoms with Crippen LogP contribution < -0.4 is 14.8 Å². The van der Waals surface area contributed by atoms with Crippen LogP contribution in [0.1, 0.15) is 36.5 Å². The van der Waals surface area contributed by atoms with Crippen LogP contribution in [0, 0.1) is 0 Å². The first-order valence-electron chi connectivity index (χ1n) is 10.6. The maximum atomic E-state index is 12.2. The zero-order valence-electron chi connectivity index (χ0n) is 18.5. The Kier molecular flexibility index (Phi) is 8.92. The smallest absolute Gasteiger partial charge is 0.306 e. The Morgan fingerprint density at radius 3 is 2.29 bits per heavy atom. The zero-order valence-corrected chi connectivity index (χ0v) is 19.3. The molecule has 1 aliphatic rings. The van der Waals surface area contributed by atoms with E-state index in [2.05, 4.69) is 5.32 Å². The van der Waals surface area contributed by atoms with Crippen molar-refractivity contribution in [3.05, 3.63) is 59.7 Å². The number of hydrogen-bond acceptors (Lipinski definition) is 8. The fourth-order valence-corrected chi connectivity index (χ4v) is 4.11. The van der Waals surface area contributed by atoms with E-state index >= 15 is 0 Å². The van der Waals surface area contributed by atoms with Gasteiger partial charge in [0.05, 0.1) is 12.4 Å². The number of carboxylic acid groups (broad SMARTS) is 1. The molecule has 2 amide bonds. The summed E-state index contributed by atoms with van der Waals surface area (Å²) < 4.78 is 16.6. The molecule has 1 fully saturated rings. The number of imide groups is 1. The molecule has 1 unspecified atom stereocenters. The Morgan fingerprint density at radius 1 is 1.03 bits per heavy atom. The summed E-state index contributed by atoms with van der Waals surface area (Å²) in [6.45, 7) is 0.0474. The normalized spacial score (nSPS) is 16.0. The maximum absolute atomic E-state index is 12.2. The third kappa shape index (κ3) is 7.51. The molecule has 0 aliphatic carbocycles. The molecule has 0 radical (unpaired) electrons. The minimum absolute atomic E-state index is 0.0110. The fraction of sp³-hybridized carbons (Fsp3) is 0.333. The predicted octanol–water partition coefficient (Wildman–Crippen LogP) is 3.51. The number of aliphatic carboxylic acids is 1. The molecule has 2 aromatic rings. The molecule has 0 aromatic heterocycles. The largest absolute Gasteiger partial charge is 0.497 e. The van der Waals surface area contributed by atoms with Gasteiger partial charge in [0.1, 0.15) is 18.1 Å². The third-order valence-electron chi connectivity index (χ3n) is 5.05. The number of carboxylic acids is 1. The number of thioether (sulfide) groups is 1. The van der Waals surface area contributed by atoms with Gasteiger partial charge in [-0.1, -0.05) is 36.0 Å². The van der Waals surface area contributed by atoms with Crippen molar-refractivity contribution < 1.29 is 38.5 Å². The van der Waals surface area contributed by atoms with Crippen LogP contribution in [0.3, 0.4) is 0 Å². The number of ether oxygens (including phenoxy) is 3. The Morgan fingerprint density at radius 2 is 1.71 bits per heavy atom. The first-order valence-corrected chi connectivity index (χ1v) is 11.5. The van der Waals surface area contributed by atoms with Crippen LogP contribution in [0.4, 0.5) is 4.79 Å². The lowest BCUT2D eigenvalue weighted by Gasteiger charge is -2.19. The Labute approximate surface area is 200 Å². The topological polar surface area (TPSA) is 128 Å². The van der Waals surface area contributed by atoms with Gasteiger partial charge in [-0.15, -0.1) is 0 Å². The number of esters is 1. The molecule has 0 saturated carbocycles. The molecular weight excluding hydrogens is 462 g/mol. The van der Waals surface area contributed by atoms with E-state index in [1.165, 1.54) is 0 Å². The van der Waals surface area contributed by atoms with Crippen molar-refractivity contribution >= 4 is 34.8 Å². The Bertz CT molecular complexity index is 1020. The van der Waals surface area contributed by atoms with Crippen LogP contribution in [-0.4, -0.2) is 47.2 Å². The molecule has 1 aliphatic heterocycles. The summed E-state index contributed by atoms with van der Waals surface area (Å²) in [5.74, 6) is -0.567. The Hall–Kier alpha value is -3.53. The lowest BCUT2D eigenvalue weighted by atomic mass is 10.1.